The number of nitrogens with one attached hydrogen (secondary N) is 2. The molecule has 2 aromatic rings. The van der Waals surface area contributed by atoms with Crippen molar-refractivity contribution in [2.45, 2.75) is 81.3 Å². The average Bonchev–Trinajstić information content (AvgIpc) is 3.71. The molecule has 0 radical (unpaired) electrons. The minimum absolute atomic E-state index is 0.0736. The Bertz CT molecular complexity index is 1110. The van der Waals surface area contributed by atoms with Gasteiger partial charge in [-0.3, -0.25) is 10.1 Å². The Kier molecular flexibility index (Phi) is 6.67. The van der Waals surface area contributed by atoms with Gasteiger partial charge in [-0.2, -0.15) is 18.4 Å². The van der Waals surface area contributed by atoms with E-state index in [-0.39, 0.29) is 5.56 Å². The van der Waals surface area contributed by atoms with Gasteiger partial charge in [0.05, 0.1) is 12.1 Å². The van der Waals surface area contributed by atoms with Gasteiger partial charge < -0.3 is 5.32 Å². The Hall–Kier alpha value is -2.92. The number of benzene rings is 2. The second-order valence-corrected chi connectivity index (χ2v) is 10.3. The molecule has 0 aromatic heterocycles. The highest BCUT2D eigenvalue weighted by molar-refractivity contribution is 5.83. The average molecular weight is 488 g/mol. The number of rotatable bonds is 9. The van der Waals surface area contributed by atoms with Gasteiger partial charge in [0, 0.05) is 6.42 Å². The number of nitriles is 1. The number of hydrogen-bond donors (Lipinski definition) is 2. The van der Waals surface area contributed by atoms with E-state index in [1.165, 1.54) is 31.5 Å². The number of carbonyl (C=O) groups excluding carboxylic acids is 1. The van der Waals surface area contributed by atoms with Gasteiger partial charge in [-0.15, -0.1) is 0 Å². The van der Waals surface area contributed by atoms with Crippen LogP contribution >= 0.6 is 0 Å². The van der Waals surface area contributed by atoms with Crippen LogP contribution in [0.3, 0.4) is 0 Å². The molecule has 186 valence electrons. The van der Waals surface area contributed by atoms with Crippen LogP contribution in [0.15, 0.2) is 48.5 Å². The smallest absolute Gasteiger partial charge is 0.336 e. The van der Waals surface area contributed by atoms with E-state index in [0.717, 1.165) is 24.0 Å². The summed E-state index contributed by atoms with van der Waals surface area (Å²) < 4.78 is 56.8. The van der Waals surface area contributed by atoms with Crippen molar-refractivity contribution in [3.05, 3.63) is 59.7 Å². The summed E-state index contributed by atoms with van der Waals surface area (Å²) in [5.41, 5.74) is -0.0844. The normalized spacial score (nSPS) is 18.9. The summed E-state index contributed by atoms with van der Waals surface area (Å²) in [6.45, 7) is 2.42. The largest absolute Gasteiger partial charge is 0.407 e. The molecule has 0 saturated heterocycles. The number of hydrogen-bond acceptors (Lipinski definition) is 3. The van der Waals surface area contributed by atoms with Gasteiger partial charge in [0.1, 0.15) is 17.2 Å². The van der Waals surface area contributed by atoms with Gasteiger partial charge in [0.2, 0.25) is 5.91 Å². The first-order valence-electron chi connectivity index (χ1n) is 11.8. The van der Waals surface area contributed by atoms with Crippen molar-refractivity contribution in [2.24, 2.45) is 0 Å². The second kappa shape index (κ2) is 9.27. The molecular weight excluding hydrogens is 458 g/mol. The van der Waals surface area contributed by atoms with Gasteiger partial charge in [-0.1, -0.05) is 48.5 Å². The van der Waals surface area contributed by atoms with E-state index in [4.69, 9.17) is 0 Å². The summed E-state index contributed by atoms with van der Waals surface area (Å²) in [6.07, 6.45) is -2.04. The Morgan fingerprint density at radius 3 is 2.26 bits per heavy atom. The van der Waals surface area contributed by atoms with Crippen molar-refractivity contribution in [2.75, 3.05) is 0 Å². The molecule has 2 aromatic carbocycles. The van der Waals surface area contributed by atoms with Crippen LogP contribution in [0, 0.1) is 11.3 Å². The van der Waals surface area contributed by atoms with Crippen molar-refractivity contribution in [3.8, 4) is 17.2 Å². The molecule has 8 heteroatoms. The van der Waals surface area contributed by atoms with Gasteiger partial charge in [0.25, 0.3) is 0 Å². The van der Waals surface area contributed by atoms with Crippen molar-refractivity contribution in [1.82, 2.24) is 10.6 Å². The third-order valence-corrected chi connectivity index (χ3v) is 6.54. The van der Waals surface area contributed by atoms with Crippen LogP contribution in [-0.2, 0) is 4.79 Å². The van der Waals surface area contributed by atoms with Crippen LogP contribution in [0.25, 0.3) is 11.1 Å². The molecule has 2 saturated carbocycles. The fourth-order valence-electron chi connectivity index (χ4n) is 4.26. The topological polar surface area (TPSA) is 64.9 Å². The highest BCUT2D eigenvalue weighted by atomic mass is 19.4. The zero-order valence-electron chi connectivity index (χ0n) is 19.8. The maximum absolute atomic E-state index is 14.4. The Balaban J connectivity index is 1.57. The summed E-state index contributed by atoms with van der Waals surface area (Å²) >= 11 is 0. The SMILES string of the molecule is CC(C)(F)C[C@H](N[C@@H](c1ccc(-c2cccc(C3CC3)c2)cc1)C(F)(F)F)C(=O)NC1(C#N)CC1. The number of alkyl halides is 4. The highest BCUT2D eigenvalue weighted by Gasteiger charge is 2.48. The lowest BCUT2D eigenvalue weighted by Crippen LogP contribution is -2.53. The monoisotopic (exact) mass is 487 g/mol. The van der Waals surface area contributed by atoms with E-state index >= 15 is 0 Å². The first-order chi connectivity index (χ1) is 16.4. The Labute approximate surface area is 202 Å². The maximum Gasteiger partial charge on any atom is 0.407 e. The van der Waals surface area contributed by atoms with E-state index in [1.807, 2.05) is 18.2 Å². The minimum atomic E-state index is -4.72. The first-order valence-corrected chi connectivity index (χ1v) is 11.8. The molecule has 2 aliphatic rings. The highest BCUT2D eigenvalue weighted by Crippen LogP contribution is 2.41. The van der Waals surface area contributed by atoms with E-state index in [2.05, 4.69) is 22.8 Å². The Morgan fingerprint density at radius 1 is 1.09 bits per heavy atom. The van der Waals surface area contributed by atoms with Gasteiger partial charge in [-0.25, -0.2) is 4.39 Å². The number of nitrogens with zero attached hydrogens (tertiary/aromatic N) is 1. The third kappa shape index (κ3) is 6.40. The van der Waals surface area contributed by atoms with Crippen LogP contribution in [0.4, 0.5) is 17.6 Å². The molecular formula is C27H29F4N3O. The molecule has 0 heterocycles. The van der Waals surface area contributed by atoms with Crippen molar-refractivity contribution < 1.29 is 22.4 Å². The molecule has 1 amide bonds. The number of carbonyl (C=O) groups is 1. The van der Waals surface area contributed by atoms with E-state index in [1.54, 1.807) is 12.1 Å². The molecule has 0 aliphatic heterocycles. The zero-order chi connectivity index (χ0) is 25.4. The number of amides is 1. The summed E-state index contributed by atoms with van der Waals surface area (Å²) in [4.78, 5) is 12.8. The summed E-state index contributed by atoms with van der Waals surface area (Å²) in [6, 6.07) is 12.4. The van der Waals surface area contributed by atoms with Crippen LogP contribution in [-0.4, -0.2) is 29.3 Å². The molecule has 0 spiro atoms. The van der Waals surface area contributed by atoms with Crippen molar-refractivity contribution in [1.29, 1.82) is 5.26 Å². The fraction of sp³-hybridized carbons (Fsp3) is 0.481. The third-order valence-electron chi connectivity index (χ3n) is 6.54. The molecule has 35 heavy (non-hydrogen) atoms. The van der Waals surface area contributed by atoms with Crippen LogP contribution in [0.1, 0.15) is 69.0 Å². The van der Waals surface area contributed by atoms with Gasteiger partial charge in [0.15, 0.2) is 0 Å². The Morgan fingerprint density at radius 2 is 1.74 bits per heavy atom. The lowest BCUT2D eigenvalue weighted by atomic mass is 9.95. The second-order valence-electron chi connectivity index (χ2n) is 10.3. The molecule has 2 fully saturated rings. The van der Waals surface area contributed by atoms with Gasteiger partial charge >= 0.3 is 6.18 Å². The van der Waals surface area contributed by atoms with Crippen LogP contribution in [0.5, 0.6) is 0 Å². The standard InChI is InChI=1S/C27H29F4N3O/c1-25(2,28)15-22(24(35)34-26(16-32)12-13-26)33-23(27(29,30)31)19-10-8-18(9-11-19)21-5-3-4-20(14-21)17-6-7-17/h3-5,8-11,14,17,22-23,33H,6-7,12-13,15H2,1-2H3,(H,34,35)/t22-,23-/m0/s1. The predicted octanol–water partition coefficient (Wildman–Crippen LogP) is 6.10. The molecule has 0 bridgehead atoms. The molecule has 0 unspecified atom stereocenters. The molecule has 2 aliphatic carbocycles. The summed E-state index contributed by atoms with van der Waals surface area (Å²) in [5, 5.41) is 14.1. The lowest BCUT2D eigenvalue weighted by Gasteiger charge is -2.30. The molecule has 4 rings (SSSR count). The van der Waals surface area contributed by atoms with Gasteiger partial charge in [-0.05, 0) is 67.7 Å². The van der Waals surface area contributed by atoms with Crippen molar-refractivity contribution in [3.63, 3.8) is 0 Å². The quantitative estimate of drug-likeness (QED) is 0.420. The number of halogens is 4. The minimum Gasteiger partial charge on any atom is -0.336 e. The first kappa shape index (κ1) is 25.2. The molecule has 2 atom stereocenters. The van der Waals surface area contributed by atoms with Crippen LogP contribution in [0.2, 0.25) is 0 Å². The maximum atomic E-state index is 14.4. The molecule has 2 N–H and O–H groups in total. The summed E-state index contributed by atoms with van der Waals surface area (Å²) in [7, 11) is 0. The van der Waals surface area contributed by atoms with Crippen molar-refractivity contribution >= 4 is 5.91 Å². The lowest BCUT2D eigenvalue weighted by molar-refractivity contribution is -0.161. The summed E-state index contributed by atoms with van der Waals surface area (Å²) in [5.74, 6) is -0.246. The fourth-order valence-corrected chi connectivity index (χ4v) is 4.26. The predicted molar refractivity (Wildman–Crippen MR) is 125 cm³/mol. The van der Waals surface area contributed by atoms with E-state index < -0.39 is 41.8 Å². The van der Waals surface area contributed by atoms with E-state index in [9.17, 15) is 27.6 Å². The zero-order valence-corrected chi connectivity index (χ0v) is 19.8. The van der Waals surface area contributed by atoms with Crippen LogP contribution < -0.4 is 10.6 Å². The van der Waals surface area contributed by atoms with E-state index in [0.29, 0.717) is 18.8 Å². The molecule has 4 nitrogen and oxygen atoms in total.